The highest BCUT2D eigenvalue weighted by Gasteiger charge is 2.33. The minimum Gasteiger partial charge on any atom is -0.206 e. The average molecular weight is 322 g/mol. The molecule has 108 valence electrons. The van der Waals surface area contributed by atoms with E-state index >= 15 is 0 Å². The van der Waals surface area contributed by atoms with Crippen molar-refractivity contribution in [1.29, 1.82) is 0 Å². The molecule has 0 aromatic carbocycles. The Morgan fingerprint density at radius 3 is 2.68 bits per heavy atom. The third-order valence-corrected chi connectivity index (χ3v) is 7.61. The van der Waals surface area contributed by atoms with Gasteiger partial charge in [0.25, 0.3) is 10.0 Å². The van der Waals surface area contributed by atoms with Crippen LogP contribution >= 0.6 is 22.9 Å². The van der Waals surface area contributed by atoms with Crippen LogP contribution in [0.15, 0.2) is 15.7 Å². The number of thiophene rings is 1. The molecule has 1 aromatic rings. The maximum atomic E-state index is 12.6. The van der Waals surface area contributed by atoms with E-state index in [0.717, 1.165) is 24.8 Å². The Balaban J connectivity index is 2.23. The molecule has 0 bridgehead atoms. The molecule has 0 N–H and O–H groups in total. The normalized spacial score (nSPS) is 24.8. The highest BCUT2D eigenvalue weighted by Crippen LogP contribution is 2.32. The minimum absolute atomic E-state index is 0.125. The van der Waals surface area contributed by atoms with Crippen molar-refractivity contribution in [2.24, 2.45) is 5.92 Å². The number of rotatable bonds is 4. The lowest BCUT2D eigenvalue weighted by Gasteiger charge is -2.35. The smallest absolute Gasteiger partial charge is 0.206 e. The van der Waals surface area contributed by atoms with E-state index in [-0.39, 0.29) is 6.04 Å². The summed E-state index contributed by atoms with van der Waals surface area (Å²) in [5.74, 6) is 0.788. The Hall–Kier alpha value is -0.100. The molecule has 1 fully saturated rings. The molecule has 1 aliphatic carbocycles. The van der Waals surface area contributed by atoms with Crippen molar-refractivity contribution in [3.63, 3.8) is 0 Å². The molecular weight excluding hydrogens is 302 g/mol. The van der Waals surface area contributed by atoms with Gasteiger partial charge in [0.2, 0.25) is 0 Å². The maximum absolute atomic E-state index is 12.6. The van der Waals surface area contributed by atoms with Crippen LogP contribution in [0.1, 0.15) is 38.2 Å². The molecule has 6 heteroatoms. The number of hydrogen-bond donors (Lipinski definition) is 0. The SMILES string of the molecule is CC1CCCCC1N(C)S(=O)(=O)c1cc(CCl)cs1. The van der Waals surface area contributed by atoms with Gasteiger partial charge in [-0.3, -0.25) is 0 Å². The molecule has 3 nitrogen and oxygen atoms in total. The summed E-state index contributed by atoms with van der Waals surface area (Å²) in [7, 11) is -1.66. The van der Waals surface area contributed by atoms with E-state index in [4.69, 9.17) is 11.6 Å². The van der Waals surface area contributed by atoms with Crippen LogP contribution in [-0.2, 0) is 15.9 Å². The van der Waals surface area contributed by atoms with Crippen molar-refractivity contribution in [3.8, 4) is 0 Å². The number of hydrogen-bond acceptors (Lipinski definition) is 3. The molecule has 2 atom stereocenters. The fraction of sp³-hybridized carbons (Fsp3) is 0.692. The van der Waals surface area contributed by atoms with Crippen molar-refractivity contribution in [3.05, 3.63) is 17.0 Å². The van der Waals surface area contributed by atoms with Crippen LogP contribution in [0, 0.1) is 5.92 Å². The third kappa shape index (κ3) is 3.15. The summed E-state index contributed by atoms with van der Waals surface area (Å²) in [5.41, 5.74) is 0.871. The quantitative estimate of drug-likeness (QED) is 0.793. The van der Waals surface area contributed by atoms with Gasteiger partial charge < -0.3 is 0 Å². The van der Waals surface area contributed by atoms with Crippen LogP contribution < -0.4 is 0 Å². The standard InChI is InChI=1S/C13H20ClNO2S2/c1-10-5-3-4-6-12(10)15(2)19(16,17)13-7-11(8-14)9-18-13/h7,9-10,12H,3-6,8H2,1-2H3. The van der Waals surface area contributed by atoms with Gasteiger partial charge in [-0.05, 0) is 35.8 Å². The second kappa shape index (κ2) is 6.12. The van der Waals surface area contributed by atoms with Crippen molar-refractivity contribution < 1.29 is 8.42 Å². The van der Waals surface area contributed by atoms with E-state index in [1.54, 1.807) is 17.4 Å². The molecule has 0 spiro atoms. The van der Waals surface area contributed by atoms with Gasteiger partial charge in [0.1, 0.15) is 4.21 Å². The predicted octanol–water partition coefficient (Wildman–Crippen LogP) is 3.69. The van der Waals surface area contributed by atoms with Gasteiger partial charge in [0.15, 0.2) is 0 Å². The first kappa shape index (κ1) is 15.3. The topological polar surface area (TPSA) is 37.4 Å². The molecule has 1 aromatic heterocycles. The zero-order valence-electron chi connectivity index (χ0n) is 11.3. The first-order valence-corrected chi connectivity index (χ1v) is 9.43. The van der Waals surface area contributed by atoms with Gasteiger partial charge in [-0.2, -0.15) is 4.31 Å². The molecule has 0 amide bonds. The first-order chi connectivity index (χ1) is 8.96. The summed E-state index contributed by atoms with van der Waals surface area (Å²) in [6.45, 7) is 2.15. The summed E-state index contributed by atoms with van der Waals surface area (Å²) in [4.78, 5) is 0. The fourth-order valence-corrected chi connectivity index (χ4v) is 5.84. The molecule has 2 unspecified atom stereocenters. The second-order valence-electron chi connectivity index (χ2n) is 5.26. The number of alkyl halides is 1. The lowest BCUT2D eigenvalue weighted by atomic mass is 9.86. The minimum atomic E-state index is -3.37. The highest BCUT2D eigenvalue weighted by atomic mass is 35.5. The first-order valence-electron chi connectivity index (χ1n) is 6.58. The van der Waals surface area contributed by atoms with E-state index < -0.39 is 10.0 Å². The Kier molecular flexibility index (Phi) is 4.93. The Bertz CT molecular complexity index is 527. The molecule has 2 rings (SSSR count). The molecule has 0 aliphatic heterocycles. The van der Waals surface area contributed by atoms with Crippen LogP contribution in [0.5, 0.6) is 0 Å². The third-order valence-electron chi connectivity index (χ3n) is 3.95. The predicted molar refractivity (Wildman–Crippen MR) is 80.2 cm³/mol. The van der Waals surface area contributed by atoms with Gasteiger partial charge in [-0.15, -0.1) is 22.9 Å². The Morgan fingerprint density at radius 1 is 1.42 bits per heavy atom. The summed E-state index contributed by atoms with van der Waals surface area (Å²) in [5, 5.41) is 1.82. The maximum Gasteiger partial charge on any atom is 0.252 e. The molecule has 0 radical (unpaired) electrons. The van der Waals surface area contributed by atoms with Gasteiger partial charge in [0, 0.05) is 19.0 Å². The van der Waals surface area contributed by atoms with Crippen molar-refractivity contribution >= 4 is 33.0 Å². The summed E-state index contributed by atoms with van der Waals surface area (Å²) in [6, 6.07) is 1.82. The Labute approximate surface area is 124 Å². The van der Waals surface area contributed by atoms with Crippen molar-refractivity contribution in [1.82, 2.24) is 4.31 Å². The molecule has 0 saturated heterocycles. The number of halogens is 1. The fourth-order valence-electron chi connectivity index (χ4n) is 2.72. The largest absolute Gasteiger partial charge is 0.252 e. The number of nitrogens with zero attached hydrogens (tertiary/aromatic N) is 1. The van der Waals surface area contributed by atoms with E-state index in [1.165, 1.54) is 17.8 Å². The molecule has 1 aliphatic rings. The van der Waals surface area contributed by atoms with Crippen LogP contribution in [0.3, 0.4) is 0 Å². The summed E-state index contributed by atoms with van der Waals surface area (Å²) in [6.07, 6.45) is 4.40. The van der Waals surface area contributed by atoms with Crippen molar-refractivity contribution in [2.45, 2.75) is 48.7 Å². The van der Waals surface area contributed by atoms with Crippen LogP contribution in [-0.4, -0.2) is 25.8 Å². The van der Waals surface area contributed by atoms with Crippen LogP contribution in [0.2, 0.25) is 0 Å². The van der Waals surface area contributed by atoms with Crippen LogP contribution in [0.4, 0.5) is 0 Å². The van der Waals surface area contributed by atoms with Crippen LogP contribution in [0.25, 0.3) is 0 Å². The lowest BCUT2D eigenvalue weighted by molar-refractivity contribution is 0.213. The molecule has 1 heterocycles. The number of sulfonamides is 1. The zero-order valence-corrected chi connectivity index (χ0v) is 13.7. The highest BCUT2D eigenvalue weighted by molar-refractivity contribution is 7.91. The lowest BCUT2D eigenvalue weighted by Crippen LogP contribution is -2.42. The van der Waals surface area contributed by atoms with Crippen molar-refractivity contribution in [2.75, 3.05) is 7.05 Å². The van der Waals surface area contributed by atoms with Gasteiger partial charge in [-0.25, -0.2) is 8.42 Å². The molecular formula is C13H20ClNO2S2. The van der Waals surface area contributed by atoms with E-state index in [9.17, 15) is 8.42 Å². The zero-order chi connectivity index (χ0) is 14.0. The molecule has 19 heavy (non-hydrogen) atoms. The van der Waals surface area contributed by atoms with Gasteiger partial charge in [0.05, 0.1) is 0 Å². The second-order valence-corrected chi connectivity index (χ2v) is 8.66. The van der Waals surface area contributed by atoms with Gasteiger partial charge in [-0.1, -0.05) is 19.8 Å². The molecule has 1 saturated carbocycles. The van der Waals surface area contributed by atoms with E-state index in [1.807, 2.05) is 5.38 Å². The monoisotopic (exact) mass is 321 g/mol. The summed E-state index contributed by atoms with van der Waals surface area (Å²) < 4.78 is 27.2. The van der Waals surface area contributed by atoms with E-state index in [0.29, 0.717) is 16.0 Å². The van der Waals surface area contributed by atoms with Gasteiger partial charge >= 0.3 is 0 Å². The average Bonchev–Trinajstić information content (AvgIpc) is 2.88. The summed E-state index contributed by atoms with van der Waals surface area (Å²) >= 11 is 7.00. The van der Waals surface area contributed by atoms with E-state index in [2.05, 4.69) is 6.92 Å². The Morgan fingerprint density at radius 2 is 2.11 bits per heavy atom.